The van der Waals surface area contributed by atoms with Gasteiger partial charge in [-0.15, -0.1) is 0 Å². The van der Waals surface area contributed by atoms with Crippen LogP contribution in [0.5, 0.6) is 0 Å². The molecule has 1 fully saturated rings. The van der Waals surface area contributed by atoms with Gasteiger partial charge in [0.25, 0.3) is 0 Å². The lowest BCUT2D eigenvalue weighted by atomic mass is 9.89. The summed E-state index contributed by atoms with van der Waals surface area (Å²) in [5, 5.41) is 3.40. The van der Waals surface area contributed by atoms with E-state index in [1.165, 1.54) is 49.2 Å². The molecule has 0 saturated carbocycles. The maximum absolute atomic E-state index is 4.60. The number of fused-ring (bicyclic) bond motifs is 1. The number of nitrogens with one attached hydrogen (secondary N) is 1. The Hall–Kier alpha value is -1.16. The van der Waals surface area contributed by atoms with Crippen LogP contribution >= 0.6 is 0 Å². The highest BCUT2D eigenvalue weighted by Gasteiger charge is 2.26. The summed E-state index contributed by atoms with van der Waals surface area (Å²) in [6, 6.07) is 0.622. The fourth-order valence-corrected chi connectivity index (χ4v) is 3.62. The van der Waals surface area contributed by atoms with Gasteiger partial charge in [0.2, 0.25) is 0 Å². The molecule has 1 aromatic rings. The van der Waals surface area contributed by atoms with Crippen LogP contribution < -0.4 is 10.2 Å². The minimum Gasteiger partial charge on any atom is -0.356 e. The standard InChI is InChI=1S/C16H26N4/c1-12(17-2)13-7-9-20(10-8-13)16-14-5-3-4-6-15(14)18-11-19-16/h11-13,17H,3-10H2,1-2H3. The lowest BCUT2D eigenvalue weighted by molar-refractivity contribution is 0.322. The van der Waals surface area contributed by atoms with Gasteiger partial charge in [0.05, 0.1) is 0 Å². The van der Waals surface area contributed by atoms with Gasteiger partial charge in [0, 0.05) is 30.4 Å². The SMILES string of the molecule is CNC(C)C1CCN(c2ncnc3c2CCCC3)CC1. The zero-order valence-electron chi connectivity index (χ0n) is 12.7. The van der Waals surface area contributed by atoms with Crippen LogP contribution in [0.2, 0.25) is 0 Å². The van der Waals surface area contributed by atoms with Crippen LogP contribution in [0.1, 0.15) is 43.9 Å². The van der Waals surface area contributed by atoms with E-state index in [0.717, 1.165) is 25.4 Å². The minimum absolute atomic E-state index is 0.622. The van der Waals surface area contributed by atoms with Crippen molar-refractivity contribution in [2.45, 2.75) is 51.5 Å². The molecule has 0 spiro atoms. The molecule has 0 radical (unpaired) electrons. The highest BCUT2D eigenvalue weighted by atomic mass is 15.2. The summed E-state index contributed by atoms with van der Waals surface area (Å²) in [6.07, 6.45) is 9.17. The normalized spacial score (nSPS) is 21.6. The molecule has 1 saturated heterocycles. The summed E-state index contributed by atoms with van der Waals surface area (Å²) in [6.45, 7) is 4.58. The number of hydrogen-bond donors (Lipinski definition) is 1. The summed E-state index contributed by atoms with van der Waals surface area (Å²) in [7, 11) is 2.07. The van der Waals surface area contributed by atoms with Gasteiger partial charge in [-0.3, -0.25) is 0 Å². The molecule has 4 heteroatoms. The number of anilines is 1. The molecular weight excluding hydrogens is 248 g/mol. The molecule has 1 aliphatic carbocycles. The van der Waals surface area contributed by atoms with Crippen LogP contribution in [0.3, 0.4) is 0 Å². The molecule has 1 unspecified atom stereocenters. The van der Waals surface area contributed by atoms with E-state index in [9.17, 15) is 0 Å². The van der Waals surface area contributed by atoms with Crippen molar-refractivity contribution in [3.63, 3.8) is 0 Å². The first kappa shape index (κ1) is 13.8. The zero-order chi connectivity index (χ0) is 13.9. The number of rotatable bonds is 3. The maximum Gasteiger partial charge on any atom is 0.135 e. The van der Waals surface area contributed by atoms with Crippen molar-refractivity contribution in [3.05, 3.63) is 17.6 Å². The highest BCUT2D eigenvalue weighted by molar-refractivity contribution is 5.49. The average Bonchev–Trinajstić information content (AvgIpc) is 2.54. The Bertz CT molecular complexity index is 452. The Morgan fingerprint density at radius 1 is 1.20 bits per heavy atom. The van der Waals surface area contributed by atoms with E-state index >= 15 is 0 Å². The first-order chi connectivity index (χ1) is 9.79. The molecule has 110 valence electrons. The van der Waals surface area contributed by atoms with E-state index in [1.54, 1.807) is 6.33 Å². The Labute approximate surface area is 122 Å². The summed E-state index contributed by atoms with van der Waals surface area (Å²) >= 11 is 0. The fraction of sp³-hybridized carbons (Fsp3) is 0.750. The van der Waals surface area contributed by atoms with Gasteiger partial charge >= 0.3 is 0 Å². The summed E-state index contributed by atoms with van der Waals surface area (Å²) < 4.78 is 0. The van der Waals surface area contributed by atoms with E-state index < -0.39 is 0 Å². The van der Waals surface area contributed by atoms with Gasteiger partial charge < -0.3 is 10.2 Å². The molecule has 20 heavy (non-hydrogen) atoms. The average molecular weight is 274 g/mol. The topological polar surface area (TPSA) is 41.0 Å². The molecule has 1 aliphatic heterocycles. The van der Waals surface area contributed by atoms with Gasteiger partial charge in [-0.2, -0.15) is 0 Å². The predicted octanol–water partition coefficient (Wildman–Crippen LogP) is 2.18. The molecule has 3 rings (SSSR count). The van der Waals surface area contributed by atoms with Gasteiger partial charge in [-0.25, -0.2) is 9.97 Å². The van der Waals surface area contributed by atoms with E-state index in [0.29, 0.717) is 6.04 Å². The molecular formula is C16H26N4. The molecule has 2 aliphatic rings. The van der Waals surface area contributed by atoms with Gasteiger partial charge in [-0.1, -0.05) is 0 Å². The predicted molar refractivity (Wildman–Crippen MR) is 82.1 cm³/mol. The van der Waals surface area contributed by atoms with Crippen LogP contribution in [-0.2, 0) is 12.8 Å². The second-order valence-corrected chi connectivity index (χ2v) is 6.23. The van der Waals surface area contributed by atoms with Crippen molar-refractivity contribution < 1.29 is 0 Å². The second kappa shape index (κ2) is 6.08. The van der Waals surface area contributed by atoms with Crippen molar-refractivity contribution in [1.82, 2.24) is 15.3 Å². The second-order valence-electron chi connectivity index (χ2n) is 6.23. The van der Waals surface area contributed by atoms with Gasteiger partial charge in [0.15, 0.2) is 0 Å². The number of hydrogen-bond acceptors (Lipinski definition) is 4. The first-order valence-corrected chi connectivity index (χ1v) is 8.04. The zero-order valence-corrected chi connectivity index (χ0v) is 12.7. The van der Waals surface area contributed by atoms with Crippen LogP contribution in [-0.4, -0.2) is 36.1 Å². The van der Waals surface area contributed by atoms with Crippen LogP contribution in [0, 0.1) is 5.92 Å². The third-order valence-electron chi connectivity index (χ3n) is 5.10. The van der Waals surface area contributed by atoms with Crippen molar-refractivity contribution >= 4 is 5.82 Å². The van der Waals surface area contributed by atoms with Crippen LogP contribution in [0.4, 0.5) is 5.82 Å². The number of nitrogens with zero attached hydrogens (tertiary/aromatic N) is 3. The highest BCUT2D eigenvalue weighted by Crippen LogP contribution is 2.30. The molecule has 1 atom stereocenters. The third-order valence-corrected chi connectivity index (χ3v) is 5.10. The van der Waals surface area contributed by atoms with E-state index in [4.69, 9.17) is 0 Å². The third kappa shape index (κ3) is 2.66. The van der Waals surface area contributed by atoms with Gasteiger partial charge in [-0.05, 0) is 58.4 Å². The minimum atomic E-state index is 0.622. The lowest BCUT2D eigenvalue weighted by Crippen LogP contribution is -2.41. The van der Waals surface area contributed by atoms with Crippen molar-refractivity contribution in [2.24, 2.45) is 5.92 Å². The van der Waals surface area contributed by atoms with E-state index in [1.807, 2.05) is 0 Å². The summed E-state index contributed by atoms with van der Waals surface area (Å²) in [5.41, 5.74) is 2.73. The summed E-state index contributed by atoms with van der Waals surface area (Å²) in [4.78, 5) is 11.6. The molecule has 0 amide bonds. The number of aromatic nitrogens is 2. The molecule has 4 nitrogen and oxygen atoms in total. The number of piperidine rings is 1. The van der Waals surface area contributed by atoms with Crippen molar-refractivity contribution in [1.29, 1.82) is 0 Å². The van der Waals surface area contributed by atoms with Crippen molar-refractivity contribution in [3.8, 4) is 0 Å². The van der Waals surface area contributed by atoms with E-state index in [-0.39, 0.29) is 0 Å². The lowest BCUT2D eigenvalue weighted by Gasteiger charge is -2.36. The Morgan fingerprint density at radius 3 is 2.70 bits per heavy atom. The molecule has 1 aromatic heterocycles. The van der Waals surface area contributed by atoms with Crippen molar-refractivity contribution in [2.75, 3.05) is 25.0 Å². The first-order valence-electron chi connectivity index (χ1n) is 8.04. The van der Waals surface area contributed by atoms with Gasteiger partial charge in [0.1, 0.15) is 12.1 Å². The Kier molecular flexibility index (Phi) is 4.20. The van der Waals surface area contributed by atoms with Crippen LogP contribution in [0.25, 0.3) is 0 Å². The Morgan fingerprint density at radius 2 is 1.95 bits per heavy atom. The fourth-order valence-electron chi connectivity index (χ4n) is 3.62. The number of aryl methyl sites for hydroxylation is 1. The van der Waals surface area contributed by atoms with Crippen LogP contribution in [0.15, 0.2) is 6.33 Å². The molecule has 0 bridgehead atoms. The smallest absolute Gasteiger partial charge is 0.135 e. The quantitative estimate of drug-likeness (QED) is 0.917. The monoisotopic (exact) mass is 274 g/mol. The maximum atomic E-state index is 4.60. The Balaban J connectivity index is 1.72. The molecule has 0 aromatic carbocycles. The molecule has 1 N–H and O–H groups in total. The molecule has 2 heterocycles. The van der Waals surface area contributed by atoms with E-state index in [2.05, 4.69) is 34.2 Å². The largest absolute Gasteiger partial charge is 0.356 e. The summed E-state index contributed by atoms with van der Waals surface area (Å²) in [5.74, 6) is 2.03.